The van der Waals surface area contributed by atoms with Gasteiger partial charge in [-0.05, 0) is 31.0 Å². The number of halogens is 1. The second-order valence-corrected chi connectivity index (χ2v) is 7.56. The summed E-state index contributed by atoms with van der Waals surface area (Å²) in [4.78, 5) is 33.7. The van der Waals surface area contributed by atoms with Crippen molar-refractivity contribution < 1.29 is 14.3 Å². The molecule has 0 spiro atoms. The zero-order valence-corrected chi connectivity index (χ0v) is 16.0. The third-order valence-electron chi connectivity index (χ3n) is 5.19. The number of morpholine rings is 1. The van der Waals surface area contributed by atoms with Gasteiger partial charge in [-0.3, -0.25) is 9.59 Å². The number of allylic oxidation sites excluding steroid dienone is 1. The molecule has 142 valence electrons. The van der Waals surface area contributed by atoms with Crippen LogP contribution in [0.2, 0.25) is 5.02 Å². The number of carbonyl (C=O) groups excluding carboxylic acids is 2. The molecule has 0 unspecified atom stereocenters. The first-order valence-corrected chi connectivity index (χ1v) is 9.64. The third-order valence-corrected chi connectivity index (χ3v) is 5.55. The summed E-state index contributed by atoms with van der Waals surface area (Å²) in [7, 11) is 0. The molecule has 1 amide bonds. The van der Waals surface area contributed by atoms with Crippen LogP contribution in [-0.4, -0.2) is 54.6 Å². The van der Waals surface area contributed by atoms with Crippen molar-refractivity contribution in [1.82, 2.24) is 4.90 Å². The number of fused-ring (bicyclic) bond motifs is 1. The van der Waals surface area contributed by atoms with Crippen LogP contribution < -0.4 is 4.90 Å². The van der Waals surface area contributed by atoms with Crippen LogP contribution in [0.4, 0.5) is 5.69 Å². The lowest BCUT2D eigenvalue weighted by Gasteiger charge is -2.30. The number of ether oxygens (including phenoxy) is 1. The number of hydrogen-bond donors (Lipinski definition) is 0. The molecular formula is C20H22ClN3O3. The molecule has 3 aliphatic rings. The predicted molar refractivity (Wildman–Crippen MR) is 104 cm³/mol. The summed E-state index contributed by atoms with van der Waals surface area (Å²) < 4.78 is 5.36. The molecular weight excluding hydrogens is 366 g/mol. The molecule has 6 nitrogen and oxygen atoms in total. The zero-order chi connectivity index (χ0) is 19.0. The maximum absolute atomic E-state index is 13.0. The van der Waals surface area contributed by atoms with E-state index in [1.54, 1.807) is 11.0 Å². The van der Waals surface area contributed by atoms with Gasteiger partial charge in [0.25, 0.3) is 0 Å². The molecule has 0 bridgehead atoms. The van der Waals surface area contributed by atoms with E-state index in [4.69, 9.17) is 16.3 Å². The third kappa shape index (κ3) is 3.64. The van der Waals surface area contributed by atoms with Crippen LogP contribution in [0.25, 0.3) is 0 Å². The van der Waals surface area contributed by atoms with E-state index in [1.165, 1.54) is 0 Å². The van der Waals surface area contributed by atoms with Gasteiger partial charge in [0.1, 0.15) is 5.82 Å². The number of benzene rings is 1. The first-order valence-electron chi connectivity index (χ1n) is 9.26. The Labute approximate surface area is 163 Å². The van der Waals surface area contributed by atoms with Crippen LogP contribution in [0.1, 0.15) is 25.3 Å². The number of nitrogens with zero attached hydrogens (tertiary/aromatic N) is 3. The molecule has 3 heterocycles. The first-order chi connectivity index (χ1) is 13.0. The van der Waals surface area contributed by atoms with Gasteiger partial charge in [0.05, 0.1) is 19.6 Å². The highest BCUT2D eigenvalue weighted by Crippen LogP contribution is 2.37. The van der Waals surface area contributed by atoms with E-state index in [0.29, 0.717) is 42.9 Å². The van der Waals surface area contributed by atoms with Crippen molar-refractivity contribution in [2.45, 2.75) is 32.2 Å². The average Bonchev–Trinajstić information content (AvgIpc) is 2.99. The number of anilines is 1. The Kier molecular flexibility index (Phi) is 5.02. The number of ketones is 1. The molecule has 0 saturated carbocycles. The van der Waals surface area contributed by atoms with Crippen LogP contribution >= 0.6 is 11.6 Å². The fourth-order valence-electron chi connectivity index (χ4n) is 3.93. The van der Waals surface area contributed by atoms with Crippen molar-refractivity contribution in [3.63, 3.8) is 0 Å². The van der Waals surface area contributed by atoms with Crippen LogP contribution in [0.3, 0.4) is 0 Å². The minimum Gasteiger partial charge on any atom is -0.378 e. The minimum atomic E-state index is -0.0432. The monoisotopic (exact) mass is 387 g/mol. The summed E-state index contributed by atoms with van der Waals surface area (Å²) in [5, 5.41) is 0.692. The van der Waals surface area contributed by atoms with Crippen molar-refractivity contribution in [1.29, 1.82) is 0 Å². The molecule has 27 heavy (non-hydrogen) atoms. The summed E-state index contributed by atoms with van der Waals surface area (Å²) in [5.41, 5.74) is 2.50. The largest absolute Gasteiger partial charge is 0.378 e. The van der Waals surface area contributed by atoms with E-state index in [2.05, 4.69) is 4.99 Å². The molecule has 0 aliphatic carbocycles. The molecule has 0 radical (unpaired) electrons. The molecule has 4 rings (SSSR count). The van der Waals surface area contributed by atoms with Gasteiger partial charge in [0.15, 0.2) is 5.78 Å². The minimum absolute atomic E-state index is 0.00722. The van der Waals surface area contributed by atoms with E-state index in [9.17, 15) is 9.59 Å². The summed E-state index contributed by atoms with van der Waals surface area (Å²) >= 11 is 6.29. The molecule has 1 saturated heterocycles. The van der Waals surface area contributed by atoms with Crippen molar-refractivity contribution >= 4 is 34.7 Å². The summed E-state index contributed by atoms with van der Waals surface area (Å²) in [6.45, 7) is 4.68. The topological polar surface area (TPSA) is 62.2 Å². The quantitative estimate of drug-likeness (QED) is 0.799. The fraction of sp³-hybridized carbons (Fsp3) is 0.450. The van der Waals surface area contributed by atoms with Gasteiger partial charge in [0.2, 0.25) is 5.91 Å². The number of rotatable bonds is 3. The second-order valence-electron chi connectivity index (χ2n) is 7.15. The summed E-state index contributed by atoms with van der Waals surface area (Å²) in [6.07, 6.45) is 2.66. The van der Waals surface area contributed by atoms with Gasteiger partial charge in [-0.1, -0.05) is 17.7 Å². The van der Waals surface area contributed by atoms with Crippen LogP contribution in [0.5, 0.6) is 0 Å². The predicted octanol–water partition coefficient (Wildman–Crippen LogP) is 2.60. The fourth-order valence-corrected chi connectivity index (χ4v) is 4.17. The van der Waals surface area contributed by atoms with Gasteiger partial charge < -0.3 is 14.5 Å². The molecule has 3 aliphatic heterocycles. The molecule has 1 aromatic rings. The van der Waals surface area contributed by atoms with Gasteiger partial charge in [0, 0.05) is 48.0 Å². The van der Waals surface area contributed by atoms with E-state index < -0.39 is 0 Å². The number of carbonyl (C=O) groups is 2. The highest BCUT2D eigenvalue weighted by Gasteiger charge is 2.33. The van der Waals surface area contributed by atoms with Crippen LogP contribution in [0, 0.1) is 0 Å². The van der Waals surface area contributed by atoms with Crippen molar-refractivity contribution in [3.05, 3.63) is 40.7 Å². The zero-order valence-electron chi connectivity index (χ0n) is 15.3. The van der Waals surface area contributed by atoms with Crippen molar-refractivity contribution in [2.75, 3.05) is 31.2 Å². The molecule has 1 fully saturated rings. The van der Waals surface area contributed by atoms with Gasteiger partial charge in [-0.25, -0.2) is 4.99 Å². The van der Waals surface area contributed by atoms with E-state index in [-0.39, 0.29) is 30.6 Å². The first kappa shape index (κ1) is 18.2. The summed E-state index contributed by atoms with van der Waals surface area (Å²) in [5.74, 6) is 0.598. The number of hydrogen-bond acceptors (Lipinski definition) is 5. The highest BCUT2D eigenvalue weighted by molar-refractivity contribution is 6.32. The molecule has 0 aromatic heterocycles. The Bertz CT molecular complexity index is 843. The Morgan fingerprint density at radius 3 is 2.89 bits per heavy atom. The van der Waals surface area contributed by atoms with Gasteiger partial charge in [-0.2, -0.15) is 0 Å². The second kappa shape index (κ2) is 7.44. The summed E-state index contributed by atoms with van der Waals surface area (Å²) in [6, 6.07) is 5.68. The van der Waals surface area contributed by atoms with Crippen molar-refractivity contribution in [3.8, 4) is 0 Å². The SMILES string of the molecule is C[C@H]1Cc2c(Cl)cccc2N1C(=O)CC1=NC(N2CCOCC2)=CC(=O)C1. The molecule has 1 aromatic carbocycles. The van der Waals surface area contributed by atoms with Gasteiger partial charge >= 0.3 is 0 Å². The normalized spacial score (nSPS) is 22.4. The maximum Gasteiger partial charge on any atom is 0.232 e. The lowest BCUT2D eigenvalue weighted by atomic mass is 10.1. The molecule has 1 atom stereocenters. The smallest absolute Gasteiger partial charge is 0.232 e. The highest BCUT2D eigenvalue weighted by atomic mass is 35.5. The van der Waals surface area contributed by atoms with Gasteiger partial charge in [-0.15, -0.1) is 0 Å². The van der Waals surface area contributed by atoms with Crippen LogP contribution in [-0.2, 0) is 20.7 Å². The Balaban J connectivity index is 1.53. The lowest BCUT2D eigenvalue weighted by molar-refractivity contribution is -0.117. The van der Waals surface area contributed by atoms with Crippen LogP contribution in [0.15, 0.2) is 35.1 Å². The Hall–Kier alpha value is -2.18. The standard InChI is InChI=1S/C20H22ClN3O3/c1-13-9-16-17(21)3-2-4-18(16)24(13)20(26)11-14-10-15(25)12-19(22-14)23-5-7-27-8-6-23/h2-4,12-13H,5-11H2,1H3/t13-/m0/s1. The molecule has 0 N–H and O–H groups in total. The van der Waals surface area contributed by atoms with E-state index in [1.807, 2.05) is 30.0 Å². The number of amides is 1. The van der Waals surface area contributed by atoms with E-state index in [0.717, 1.165) is 17.7 Å². The van der Waals surface area contributed by atoms with E-state index >= 15 is 0 Å². The van der Waals surface area contributed by atoms with Crippen molar-refractivity contribution in [2.24, 2.45) is 4.99 Å². The lowest BCUT2D eigenvalue weighted by Crippen LogP contribution is -2.38. The average molecular weight is 388 g/mol. The Morgan fingerprint density at radius 1 is 1.33 bits per heavy atom. The Morgan fingerprint density at radius 2 is 2.11 bits per heavy atom. The maximum atomic E-state index is 13.0. The number of aliphatic imine (C=N–C) groups is 1. The molecule has 7 heteroatoms.